The molecule has 1 aliphatic heterocycles. The van der Waals surface area contributed by atoms with Crippen molar-refractivity contribution in [2.24, 2.45) is 0 Å². The van der Waals surface area contributed by atoms with E-state index in [1.807, 2.05) is 6.08 Å². The minimum absolute atomic E-state index is 0.180. The van der Waals surface area contributed by atoms with Crippen LogP contribution in [0.25, 0.3) is 0 Å². The first-order valence-corrected chi connectivity index (χ1v) is 37.7. The molecule has 0 aromatic rings. The number of unbranched alkanes of at least 4 members (excludes halogenated alkanes) is 46. The van der Waals surface area contributed by atoms with Crippen LogP contribution in [0.3, 0.4) is 0 Å². The maximum Gasteiger partial charge on any atom is 0.220 e. The molecule has 1 aliphatic rings. The number of nitrogens with one attached hydrogen (secondary N) is 1. The Balaban J connectivity index is 2.07. The third-order valence-electron chi connectivity index (χ3n) is 17.8. The number of ether oxygens (including phenoxy) is 2. The molecule has 9 nitrogen and oxygen atoms in total. The molecule has 87 heavy (non-hydrogen) atoms. The number of allylic oxidation sites excluding steroid dienone is 11. The minimum atomic E-state index is -1.57. The van der Waals surface area contributed by atoms with Crippen molar-refractivity contribution in [3.63, 3.8) is 0 Å². The lowest BCUT2D eigenvalue weighted by molar-refractivity contribution is -0.302. The summed E-state index contributed by atoms with van der Waals surface area (Å²) in [6.07, 6.45) is 87.5. The van der Waals surface area contributed by atoms with Gasteiger partial charge in [0, 0.05) is 6.42 Å². The lowest BCUT2D eigenvalue weighted by atomic mass is 9.99. The van der Waals surface area contributed by atoms with Gasteiger partial charge in [-0.3, -0.25) is 4.79 Å². The Kier molecular flexibility index (Phi) is 63.2. The van der Waals surface area contributed by atoms with E-state index in [-0.39, 0.29) is 12.5 Å². The SMILES string of the molecule is CC/C=C\C/C=C\C/C=C\C/C=C\CCCCCCCCCCCCCCCCCCCCCCCCCCCCC(=O)NC(COC1OC(CO)C(O)C(O)C1O)C(O)/C=C/CC/C=C/CCCCCCCCCCCCCCCCCCCCC. The third-order valence-corrected chi connectivity index (χ3v) is 17.8. The Labute approximate surface area is 538 Å². The predicted octanol–water partition coefficient (Wildman–Crippen LogP) is 21.1. The highest BCUT2D eigenvalue weighted by Gasteiger charge is 2.44. The second-order valence-corrected chi connectivity index (χ2v) is 26.1. The number of hydrogen-bond acceptors (Lipinski definition) is 8. The molecule has 6 N–H and O–H groups in total. The Hall–Kier alpha value is -2.37. The van der Waals surface area contributed by atoms with E-state index in [2.05, 4.69) is 79.9 Å². The molecule has 7 unspecified atom stereocenters. The lowest BCUT2D eigenvalue weighted by Gasteiger charge is -2.40. The van der Waals surface area contributed by atoms with Crippen LogP contribution < -0.4 is 5.32 Å². The van der Waals surface area contributed by atoms with Gasteiger partial charge in [0.2, 0.25) is 5.91 Å². The van der Waals surface area contributed by atoms with Gasteiger partial charge in [0.15, 0.2) is 6.29 Å². The fourth-order valence-electron chi connectivity index (χ4n) is 11.9. The maximum absolute atomic E-state index is 13.1. The van der Waals surface area contributed by atoms with Gasteiger partial charge in [-0.25, -0.2) is 0 Å². The average Bonchev–Trinajstić information content (AvgIpc) is 3.38. The summed E-state index contributed by atoms with van der Waals surface area (Å²) >= 11 is 0. The number of amides is 1. The van der Waals surface area contributed by atoms with Crippen LogP contribution in [0.5, 0.6) is 0 Å². The second kappa shape index (κ2) is 66.5. The van der Waals surface area contributed by atoms with Gasteiger partial charge in [-0.05, 0) is 70.6 Å². The lowest BCUT2D eigenvalue weighted by Crippen LogP contribution is -2.60. The molecular formula is C78H143NO8. The van der Waals surface area contributed by atoms with Gasteiger partial charge in [-0.2, -0.15) is 0 Å². The molecule has 0 aliphatic carbocycles. The minimum Gasteiger partial charge on any atom is -0.394 e. The number of carbonyl (C=O) groups is 1. The molecular weight excluding hydrogens is 1080 g/mol. The Morgan fingerprint density at radius 1 is 0.402 bits per heavy atom. The van der Waals surface area contributed by atoms with E-state index < -0.39 is 49.5 Å². The molecule has 0 radical (unpaired) electrons. The first kappa shape index (κ1) is 82.6. The van der Waals surface area contributed by atoms with E-state index in [4.69, 9.17) is 9.47 Å². The standard InChI is InChI=1S/C78H143NO8/c1-3-5-7-9-11-13-15-17-19-21-23-25-27-29-30-31-32-33-34-35-36-37-38-39-40-41-42-44-46-48-50-52-54-56-58-60-62-64-66-68-74(82)79-71(70-86-78-77(85)76(84)75(83)73(69-80)87-78)72(81)67-65-63-61-59-57-55-53-51-49-47-45-43-28-26-24-22-20-18-16-14-12-10-8-6-4-2/h5,7,11,13,17,19,23,25,57,59,65,67,71-73,75-78,80-81,83-85H,3-4,6,8-10,12,14-16,18,20-22,24,26-56,58,60-64,66,68-70H2,1-2H3,(H,79,82)/b7-5-,13-11-,19-17-,25-23-,59-57+,67-65+. The van der Waals surface area contributed by atoms with Crippen LogP contribution in [0.15, 0.2) is 72.9 Å². The molecule has 508 valence electrons. The normalized spacial score (nSPS) is 18.4. The average molecular weight is 1220 g/mol. The molecule has 0 aromatic heterocycles. The molecule has 0 saturated carbocycles. The maximum atomic E-state index is 13.1. The van der Waals surface area contributed by atoms with Crippen LogP contribution in [0.4, 0.5) is 0 Å². The third kappa shape index (κ3) is 55.0. The van der Waals surface area contributed by atoms with E-state index in [1.165, 1.54) is 276 Å². The van der Waals surface area contributed by atoms with E-state index in [0.717, 1.165) is 64.2 Å². The van der Waals surface area contributed by atoms with Gasteiger partial charge in [-0.15, -0.1) is 0 Å². The molecule has 1 saturated heterocycles. The fourth-order valence-corrected chi connectivity index (χ4v) is 11.9. The Morgan fingerprint density at radius 3 is 1.10 bits per heavy atom. The van der Waals surface area contributed by atoms with Gasteiger partial charge in [0.25, 0.3) is 0 Å². The largest absolute Gasteiger partial charge is 0.394 e. The van der Waals surface area contributed by atoms with E-state index in [0.29, 0.717) is 6.42 Å². The highest BCUT2D eigenvalue weighted by molar-refractivity contribution is 5.76. The van der Waals surface area contributed by atoms with Crippen molar-refractivity contribution < 1.29 is 39.8 Å². The van der Waals surface area contributed by atoms with Crippen molar-refractivity contribution in [3.8, 4) is 0 Å². The van der Waals surface area contributed by atoms with Crippen molar-refractivity contribution >= 4 is 5.91 Å². The van der Waals surface area contributed by atoms with Crippen LogP contribution in [0.2, 0.25) is 0 Å². The summed E-state index contributed by atoms with van der Waals surface area (Å²) in [5, 5.41) is 54.8. The summed E-state index contributed by atoms with van der Waals surface area (Å²) in [4.78, 5) is 13.1. The van der Waals surface area contributed by atoms with E-state index in [1.54, 1.807) is 6.08 Å². The number of carbonyl (C=O) groups excluding carboxylic acids is 1. The summed E-state index contributed by atoms with van der Waals surface area (Å²) in [5.41, 5.74) is 0. The van der Waals surface area contributed by atoms with Gasteiger partial charge in [-0.1, -0.05) is 356 Å². The van der Waals surface area contributed by atoms with Crippen LogP contribution >= 0.6 is 0 Å². The Bertz CT molecular complexity index is 1610. The predicted molar refractivity (Wildman–Crippen MR) is 373 cm³/mol. The highest BCUT2D eigenvalue weighted by Crippen LogP contribution is 2.24. The van der Waals surface area contributed by atoms with Crippen molar-refractivity contribution in [3.05, 3.63) is 72.9 Å². The van der Waals surface area contributed by atoms with Crippen LogP contribution in [0.1, 0.15) is 361 Å². The topological polar surface area (TPSA) is 149 Å². The summed E-state index contributed by atoms with van der Waals surface area (Å²) in [6, 6.07) is -0.824. The van der Waals surface area contributed by atoms with Crippen molar-refractivity contribution in [2.45, 2.75) is 403 Å². The first-order chi connectivity index (χ1) is 42.8. The number of hydrogen-bond donors (Lipinski definition) is 6. The molecule has 1 amide bonds. The van der Waals surface area contributed by atoms with Crippen molar-refractivity contribution in [1.29, 1.82) is 0 Å². The molecule has 9 heteroatoms. The van der Waals surface area contributed by atoms with Crippen LogP contribution in [-0.2, 0) is 14.3 Å². The van der Waals surface area contributed by atoms with Gasteiger partial charge in [0.1, 0.15) is 24.4 Å². The van der Waals surface area contributed by atoms with E-state index >= 15 is 0 Å². The zero-order valence-corrected chi connectivity index (χ0v) is 57.0. The number of aliphatic hydroxyl groups is 5. The van der Waals surface area contributed by atoms with E-state index in [9.17, 15) is 30.3 Å². The molecule has 1 fully saturated rings. The highest BCUT2D eigenvalue weighted by atomic mass is 16.7. The quantitative estimate of drug-likeness (QED) is 0.0261. The summed E-state index contributed by atoms with van der Waals surface area (Å²) in [5.74, 6) is -0.180. The molecule has 7 atom stereocenters. The first-order valence-electron chi connectivity index (χ1n) is 37.7. The van der Waals surface area contributed by atoms with Crippen molar-refractivity contribution in [2.75, 3.05) is 13.2 Å². The van der Waals surface area contributed by atoms with Gasteiger partial charge >= 0.3 is 0 Å². The molecule has 1 rings (SSSR count). The van der Waals surface area contributed by atoms with Crippen LogP contribution in [0, 0.1) is 0 Å². The summed E-state index contributed by atoms with van der Waals surface area (Å²) < 4.78 is 11.3. The number of aliphatic hydroxyl groups excluding tert-OH is 5. The van der Waals surface area contributed by atoms with Crippen LogP contribution in [-0.4, -0.2) is 87.5 Å². The monoisotopic (exact) mass is 1220 g/mol. The summed E-state index contributed by atoms with van der Waals surface area (Å²) in [7, 11) is 0. The zero-order chi connectivity index (χ0) is 62.8. The molecule has 0 aromatic carbocycles. The molecule has 0 bridgehead atoms. The summed E-state index contributed by atoms with van der Waals surface area (Å²) in [6.45, 7) is 3.70. The fraction of sp³-hybridized carbons (Fsp3) is 0.833. The zero-order valence-electron chi connectivity index (χ0n) is 57.0. The van der Waals surface area contributed by atoms with Gasteiger partial charge in [0.05, 0.1) is 25.4 Å². The Morgan fingerprint density at radius 2 is 0.724 bits per heavy atom. The van der Waals surface area contributed by atoms with Crippen molar-refractivity contribution in [1.82, 2.24) is 5.32 Å². The molecule has 1 heterocycles. The van der Waals surface area contributed by atoms with Gasteiger partial charge < -0.3 is 40.3 Å². The number of rotatable bonds is 66. The molecule has 0 spiro atoms. The smallest absolute Gasteiger partial charge is 0.220 e. The second-order valence-electron chi connectivity index (χ2n) is 26.1.